The zero-order valence-electron chi connectivity index (χ0n) is 9.12. The largest absolute Gasteiger partial charge is 0.486 e. The summed E-state index contributed by atoms with van der Waals surface area (Å²) in [5.74, 6) is -0.346. The second kappa shape index (κ2) is 7.11. The second-order valence-electron chi connectivity index (χ2n) is 3.29. The highest BCUT2D eigenvalue weighted by atomic mass is 79.9. The number of benzene rings is 1. The molecule has 0 unspecified atom stereocenters. The summed E-state index contributed by atoms with van der Waals surface area (Å²) in [6, 6.07) is 3.55. The molecule has 6 heteroatoms. The third kappa shape index (κ3) is 4.96. The summed E-state index contributed by atoms with van der Waals surface area (Å²) < 4.78 is 7.73. The van der Waals surface area contributed by atoms with Crippen molar-refractivity contribution in [2.45, 2.75) is 0 Å². The monoisotopic (exact) mass is 438 g/mol. The molecule has 0 saturated carbocycles. The van der Waals surface area contributed by atoms with Gasteiger partial charge in [0.1, 0.15) is 12.4 Å². The van der Waals surface area contributed by atoms with Gasteiger partial charge in [0.05, 0.1) is 8.95 Å². The fourth-order valence-corrected chi connectivity index (χ4v) is 2.70. The van der Waals surface area contributed by atoms with Crippen LogP contribution in [0.25, 0.3) is 6.08 Å². The molecule has 0 spiro atoms. The minimum Gasteiger partial charge on any atom is -0.486 e. The highest BCUT2D eigenvalue weighted by Gasteiger charge is 2.08. The van der Waals surface area contributed by atoms with Gasteiger partial charge in [0.2, 0.25) is 0 Å². The van der Waals surface area contributed by atoms with E-state index in [9.17, 15) is 4.79 Å². The predicted octanol–water partition coefficient (Wildman–Crippen LogP) is 4.60. The summed E-state index contributed by atoms with van der Waals surface area (Å²) in [7, 11) is 0. The highest BCUT2D eigenvalue weighted by Crippen LogP contribution is 2.35. The van der Waals surface area contributed by atoms with Gasteiger partial charge in [-0.15, -0.1) is 0 Å². The van der Waals surface area contributed by atoms with Gasteiger partial charge in [-0.25, -0.2) is 4.79 Å². The number of carbonyl (C=O) groups is 1. The van der Waals surface area contributed by atoms with Gasteiger partial charge in [-0.05, 0) is 55.6 Å². The van der Waals surface area contributed by atoms with E-state index in [0.717, 1.165) is 25.1 Å². The van der Waals surface area contributed by atoms with E-state index < -0.39 is 5.97 Å². The first-order chi connectivity index (χ1) is 8.40. The standard InChI is InChI=1S/C12H9Br3O3/c1-7(13)6-18-12-9(14)4-8(5-10(12)15)2-3-11(16)17/h2-5H,1,6H2,(H,16,17)/b3-2+. The van der Waals surface area contributed by atoms with Crippen molar-refractivity contribution in [2.24, 2.45) is 0 Å². The summed E-state index contributed by atoms with van der Waals surface area (Å²) >= 11 is 9.96. The number of hydrogen-bond acceptors (Lipinski definition) is 2. The van der Waals surface area contributed by atoms with Gasteiger partial charge in [-0.3, -0.25) is 0 Å². The van der Waals surface area contributed by atoms with E-state index in [1.807, 2.05) is 0 Å². The van der Waals surface area contributed by atoms with Gasteiger partial charge >= 0.3 is 5.97 Å². The van der Waals surface area contributed by atoms with Crippen LogP contribution in [0.2, 0.25) is 0 Å². The van der Waals surface area contributed by atoms with Crippen LogP contribution in [-0.2, 0) is 4.79 Å². The van der Waals surface area contributed by atoms with Crippen LogP contribution in [0.1, 0.15) is 5.56 Å². The zero-order chi connectivity index (χ0) is 13.7. The Labute approximate surface area is 130 Å². The lowest BCUT2D eigenvalue weighted by molar-refractivity contribution is -0.131. The lowest BCUT2D eigenvalue weighted by Crippen LogP contribution is -1.98. The summed E-state index contributed by atoms with van der Waals surface area (Å²) in [5, 5.41) is 8.56. The number of ether oxygens (including phenoxy) is 1. The molecule has 0 aliphatic rings. The zero-order valence-corrected chi connectivity index (χ0v) is 13.9. The normalized spacial score (nSPS) is 10.6. The number of aliphatic carboxylic acids is 1. The molecule has 0 amide bonds. The van der Waals surface area contributed by atoms with Crippen molar-refractivity contribution in [1.29, 1.82) is 0 Å². The Bertz CT molecular complexity index is 486. The maximum absolute atomic E-state index is 10.4. The molecule has 0 fully saturated rings. The molecular formula is C12H9Br3O3. The van der Waals surface area contributed by atoms with Crippen LogP contribution < -0.4 is 4.74 Å². The molecule has 1 rings (SSSR count). The number of hydrogen-bond donors (Lipinski definition) is 1. The molecule has 1 aromatic rings. The van der Waals surface area contributed by atoms with Crippen molar-refractivity contribution in [2.75, 3.05) is 6.61 Å². The number of carboxylic acids is 1. The third-order valence-electron chi connectivity index (χ3n) is 1.81. The molecular weight excluding hydrogens is 432 g/mol. The molecule has 0 bridgehead atoms. The third-order valence-corrected chi connectivity index (χ3v) is 3.22. The highest BCUT2D eigenvalue weighted by molar-refractivity contribution is 9.11. The first kappa shape index (κ1) is 15.5. The Morgan fingerprint density at radius 2 is 1.94 bits per heavy atom. The molecule has 0 heterocycles. The molecule has 0 aliphatic heterocycles. The van der Waals surface area contributed by atoms with Crippen LogP contribution >= 0.6 is 47.8 Å². The van der Waals surface area contributed by atoms with E-state index in [2.05, 4.69) is 54.4 Å². The summed E-state index contributed by atoms with van der Waals surface area (Å²) in [6.45, 7) is 4.03. The summed E-state index contributed by atoms with van der Waals surface area (Å²) in [5.41, 5.74) is 0.751. The molecule has 0 aromatic heterocycles. The van der Waals surface area contributed by atoms with Crippen LogP contribution in [0.3, 0.4) is 0 Å². The quantitative estimate of drug-likeness (QED) is 0.681. The predicted molar refractivity (Wildman–Crippen MR) is 82.1 cm³/mol. The fourth-order valence-electron chi connectivity index (χ4n) is 1.13. The molecule has 0 radical (unpaired) electrons. The Morgan fingerprint density at radius 3 is 2.39 bits per heavy atom. The minimum atomic E-state index is -0.988. The van der Waals surface area contributed by atoms with Crippen LogP contribution in [0.15, 0.2) is 38.2 Å². The number of halogens is 3. The smallest absolute Gasteiger partial charge is 0.328 e. The van der Waals surface area contributed by atoms with Crippen molar-refractivity contribution in [3.63, 3.8) is 0 Å². The van der Waals surface area contributed by atoms with Crippen molar-refractivity contribution in [1.82, 2.24) is 0 Å². The molecule has 1 aromatic carbocycles. The average molecular weight is 441 g/mol. The first-order valence-corrected chi connectivity index (χ1v) is 7.14. The Morgan fingerprint density at radius 1 is 1.39 bits per heavy atom. The lowest BCUT2D eigenvalue weighted by Gasteiger charge is -2.10. The van der Waals surface area contributed by atoms with Crippen molar-refractivity contribution in [3.05, 3.63) is 43.8 Å². The molecule has 0 atom stereocenters. The Kier molecular flexibility index (Phi) is 6.11. The van der Waals surface area contributed by atoms with Crippen molar-refractivity contribution >= 4 is 59.8 Å². The van der Waals surface area contributed by atoms with Crippen LogP contribution in [0.5, 0.6) is 5.75 Å². The summed E-state index contributed by atoms with van der Waals surface area (Å²) in [6.07, 6.45) is 2.58. The van der Waals surface area contributed by atoms with E-state index in [0.29, 0.717) is 12.4 Å². The van der Waals surface area contributed by atoms with Crippen molar-refractivity contribution in [3.8, 4) is 5.75 Å². The Hall–Kier alpha value is -0.590. The van der Waals surface area contributed by atoms with Gasteiger partial charge in [0.25, 0.3) is 0 Å². The number of carboxylic acid groups (broad SMARTS) is 1. The summed E-state index contributed by atoms with van der Waals surface area (Å²) in [4.78, 5) is 10.4. The molecule has 0 aliphatic carbocycles. The second-order valence-corrected chi connectivity index (χ2v) is 6.12. The lowest BCUT2D eigenvalue weighted by atomic mass is 10.2. The minimum absolute atomic E-state index is 0.349. The molecule has 1 N–H and O–H groups in total. The Balaban J connectivity index is 2.97. The van der Waals surface area contributed by atoms with Crippen LogP contribution in [0.4, 0.5) is 0 Å². The van der Waals surface area contributed by atoms with Gasteiger partial charge in [0, 0.05) is 10.6 Å². The van der Waals surface area contributed by atoms with E-state index in [1.54, 1.807) is 12.1 Å². The molecule has 96 valence electrons. The van der Waals surface area contributed by atoms with Gasteiger partial charge < -0.3 is 9.84 Å². The molecule has 18 heavy (non-hydrogen) atoms. The SMILES string of the molecule is C=C(Br)COc1c(Br)cc(/C=C/C(=O)O)cc1Br. The molecule has 3 nitrogen and oxygen atoms in total. The van der Waals surface area contributed by atoms with E-state index in [-0.39, 0.29) is 0 Å². The van der Waals surface area contributed by atoms with E-state index >= 15 is 0 Å². The maximum atomic E-state index is 10.4. The van der Waals surface area contributed by atoms with E-state index in [4.69, 9.17) is 9.84 Å². The van der Waals surface area contributed by atoms with Crippen molar-refractivity contribution < 1.29 is 14.6 Å². The van der Waals surface area contributed by atoms with Crippen LogP contribution in [-0.4, -0.2) is 17.7 Å². The maximum Gasteiger partial charge on any atom is 0.328 e. The van der Waals surface area contributed by atoms with E-state index in [1.165, 1.54) is 6.08 Å². The fraction of sp³-hybridized carbons (Fsp3) is 0.0833. The van der Waals surface area contributed by atoms with Gasteiger partial charge in [0.15, 0.2) is 0 Å². The number of rotatable bonds is 5. The van der Waals surface area contributed by atoms with Gasteiger partial charge in [-0.2, -0.15) is 0 Å². The topological polar surface area (TPSA) is 46.5 Å². The molecule has 0 saturated heterocycles. The van der Waals surface area contributed by atoms with Crippen LogP contribution in [0, 0.1) is 0 Å². The first-order valence-electron chi connectivity index (χ1n) is 4.76. The van der Waals surface area contributed by atoms with Gasteiger partial charge in [-0.1, -0.05) is 22.5 Å². The average Bonchev–Trinajstić information content (AvgIpc) is 2.24.